The van der Waals surface area contributed by atoms with Gasteiger partial charge >= 0.3 is 0 Å². The van der Waals surface area contributed by atoms with Crippen molar-refractivity contribution in [2.75, 3.05) is 0 Å². The van der Waals surface area contributed by atoms with Crippen LogP contribution >= 0.6 is 0 Å². The van der Waals surface area contributed by atoms with E-state index in [2.05, 4.69) is 40.3 Å². The summed E-state index contributed by atoms with van der Waals surface area (Å²) in [7, 11) is 0. The number of fused-ring (bicyclic) bond motifs is 1. The van der Waals surface area contributed by atoms with Gasteiger partial charge in [0.05, 0.1) is 11.7 Å². The molecule has 0 aromatic heterocycles. The molecule has 0 spiro atoms. The summed E-state index contributed by atoms with van der Waals surface area (Å²) in [6.45, 7) is 14.7. The molecular weight excluding hydrogens is 272 g/mol. The Morgan fingerprint density at radius 3 is 2.41 bits per heavy atom. The Morgan fingerprint density at radius 1 is 1.18 bits per heavy atom. The van der Waals surface area contributed by atoms with Crippen LogP contribution in [0.25, 0.3) is 0 Å². The summed E-state index contributed by atoms with van der Waals surface area (Å²) in [5.74, 6) is 0.701. The highest BCUT2D eigenvalue weighted by molar-refractivity contribution is 5.16. The van der Waals surface area contributed by atoms with Gasteiger partial charge in [-0.15, -0.1) is 0 Å². The molecule has 0 amide bonds. The van der Waals surface area contributed by atoms with Crippen molar-refractivity contribution in [3.8, 4) is 0 Å². The lowest BCUT2D eigenvalue weighted by molar-refractivity contribution is -0.193. The van der Waals surface area contributed by atoms with E-state index in [9.17, 15) is 10.2 Å². The first-order valence-corrected chi connectivity index (χ1v) is 8.75. The molecule has 2 aliphatic rings. The monoisotopic (exact) mass is 306 g/mol. The van der Waals surface area contributed by atoms with Crippen LogP contribution in [0, 0.1) is 22.7 Å². The molecule has 2 aliphatic carbocycles. The summed E-state index contributed by atoms with van der Waals surface area (Å²) < 4.78 is 0. The van der Waals surface area contributed by atoms with Crippen molar-refractivity contribution in [2.24, 2.45) is 22.7 Å². The molecule has 0 unspecified atom stereocenters. The van der Waals surface area contributed by atoms with Crippen molar-refractivity contribution in [3.05, 3.63) is 24.3 Å². The zero-order chi connectivity index (χ0) is 16.8. The lowest BCUT2D eigenvalue weighted by Crippen LogP contribution is -2.60. The zero-order valence-electron chi connectivity index (χ0n) is 15.0. The Hall–Kier alpha value is -0.600. The van der Waals surface area contributed by atoms with Crippen LogP contribution in [0.15, 0.2) is 24.3 Å². The molecule has 0 aromatic rings. The van der Waals surface area contributed by atoms with Gasteiger partial charge in [-0.1, -0.05) is 45.1 Å². The van der Waals surface area contributed by atoms with E-state index in [1.165, 1.54) is 5.57 Å². The van der Waals surface area contributed by atoms with Crippen LogP contribution in [-0.2, 0) is 0 Å². The molecule has 2 N–H and O–H groups in total. The van der Waals surface area contributed by atoms with Gasteiger partial charge in [0.1, 0.15) is 0 Å². The fourth-order valence-corrected chi connectivity index (χ4v) is 5.43. The quantitative estimate of drug-likeness (QED) is 0.755. The van der Waals surface area contributed by atoms with E-state index in [-0.39, 0.29) is 22.9 Å². The minimum absolute atomic E-state index is 0.0705. The summed E-state index contributed by atoms with van der Waals surface area (Å²) in [6.07, 6.45) is 8.46. The van der Waals surface area contributed by atoms with Crippen LogP contribution in [0.2, 0.25) is 0 Å². The Balaban J connectivity index is 2.37. The number of aliphatic hydroxyl groups is 2. The fraction of sp³-hybridized carbons (Fsp3) is 0.800. The molecule has 5 atom stereocenters. The van der Waals surface area contributed by atoms with E-state index in [4.69, 9.17) is 0 Å². The second-order valence-electron chi connectivity index (χ2n) is 8.77. The predicted octanol–water partition coefficient (Wildman–Crippen LogP) is 4.47. The standard InChI is InChI=1S/C20H34O2/c1-7-14(2)8-9-16-19(5)12-11-17(21)18(3,4)15(19)10-13-20(16,6)22/h7-8,15-17,21-22H,1,9-13H2,2-6H3/b14-8+/t15-,16+,17-,19-,20+/m1/s1. The molecule has 2 rings (SSSR count). The lowest BCUT2D eigenvalue weighted by atomic mass is 9.44. The highest BCUT2D eigenvalue weighted by atomic mass is 16.3. The number of rotatable bonds is 3. The first-order chi connectivity index (χ1) is 10.1. The molecule has 0 bridgehead atoms. The molecule has 22 heavy (non-hydrogen) atoms. The van der Waals surface area contributed by atoms with Crippen molar-refractivity contribution in [1.29, 1.82) is 0 Å². The van der Waals surface area contributed by atoms with Crippen molar-refractivity contribution in [3.63, 3.8) is 0 Å². The Bertz CT molecular complexity index is 460. The largest absolute Gasteiger partial charge is 0.393 e. The van der Waals surface area contributed by atoms with E-state index in [0.29, 0.717) is 5.92 Å². The average Bonchev–Trinajstić information content (AvgIpc) is 2.41. The average molecular weight is 306 g/mol. The minimum Gasteiger partial charge on any atom is -0.393 e. The number of aliphatic hydroxyl groups excluding tert-OH is 1. The van der Waals surface area contributed by atoms with E-state index in [1.54, 1.807) is 0 Å². The molecule has 2 heteroatoms. The van der Waals surface area contributed by atoms with E-state index >= 15 is 0 Å². The van der Waals surface area contributed by atoms with Crippen LogP contribution in [0.1, 0.15) is 66.7 Å². The number of allylic oxidation sites excluding steroid dienone is 3. The summed E-state index contributed by atoms with van der Waals surface area (Å²) in [4.78, 5) is 0. The normalized spacial score (nSPS) is 45.2. The summed E-state index contributed by atoms with van der Waals surface area (Å²) in [6, 6.07) is 0. The van der Waals surface area contributed by atoms with Crippen LogP contribution < -0.4 is 0 Å². The van der Waals surface area contributed by atoms with Gasteiger partial charge in [-0.3, -0.25) is 0 Å². The van der Waals surface area contributed by atoms with E-state index in [0.717, 1.165) is 32.1 Å². The molecule has 2 saturated carbocycles. The van der Waals surface area contributed by atoms with Gasteiger partial charge < -0.3 is 10.2 Å². The van der Waals surface area contributed by atoms with Crippen molar-refractivity contribution in [1.82, 2.24) is 0 Å². The van der Waals surface area contributed by atoms with Crippen LogP contribution in [0.4, 0.5) is 0 Å². The van der Waals surface area contributed by atoms with Crippen molar-refractivity contribution in [2.45, 2.75) is 78.4 Å². The van der Waals surface area contributed by atoms with Gasteiger partial charge in [0.15, 0.2) is 0 Å². The van der Waals surface area contributed by atoms with E-state index < -0.39 is 5.60 Å². The van der Waals surface area contributed by atoms with E-state index in [1.807, 2.05) is 13.0 Å². The van der Waals surface area contributed by atoms with Gasteiger partial charge in [0.2, 0.25) is 0 Å². The Labute approximate surface area is 136 Å². The lowest BCUT2D eigenvalue weighted by Gasteiger charge is -2.62. The van der Waals surface area contributed by atoms with Crippen LogP contribution in [0.3, 0.4) is 0 Å². The molecule has 2 fully saturated rings. The molecule has 0 aliphatic heterocycles. The topological polar surface area (TPSA) is 40.5 Å². The first kappa shape index (κ1) is 17.7. The third-order valence-electron chi connectivity index (χ3n) is 6.99. The number of hydrogen-bond donors (Lipinski definition) is 2. The number of hydrogen-bond acceptors (Lipinski definition) is 2. The molecule has 126 valence electrons. The van der Waals surface area contributed by atoms with Gasteiger partial charge in [0, 0.05) is 0 Å². The van der Waals surface area contributed by atoms with Crippen molar-refractivity contribution >= 4 is 0 Å². The molecule has 2 nitrogen and oxygen atoms in total. The van der Waals surface area contributed by atoms with Gasteiger partial charge in [0.25, 0.3) is 0 Å². The first-order valence-electron chi connectivity index (χ1n) is 8.75. The highest BCUT2D eigenvalue weighted by Crippen LogP contribution is 2.62. The molecule has 0 radical (unpaired) electrons. The molecular formula is C20H34O2. The zero-order valence-corrected chi connectivity index (χ0v) is 15.0. The second kappa shape index (κ2) is 5.79. The van der Waals surface area contributed by atoms with Gasteiger partial charge in [-0.25, -0.2) is 0 Å². The third-order valence-corrected chi connectivity index (χ3v) is 6.99. The molecule has 0 heterocycles. The minimum atomic E-state index is -0.623. The maximum absolute atomic E-state index is 11.0. The predicted molar refractivity (Wildman–Crippen MR) is 92.5 cm³/mol. The fourth-order valence-electron chi connectivity index (χ4n) is 5.43. The molecule has 0 saturated heterocycles. The summed E-state index contributed by atoms with van der Waals surface area (Å²) in [5.41, 5.74) is 0.569. The summed E-state index contributed by atoms with van der Waals surface area (Å²) in [5, 5.41) is 21.5. The van der Waals surface area contributed by atoms with Crippen molar-refractivity contribution < 1.29 is 10.2 Å². The maximum atomic E-state index is 11.0. The van der Waals surface area contributed by atoms with Crippen LogP contribution in [-0.4, -0.2) is 21.9 Å². The van der Waals surface area contributed by atoms with Crippen LogP contribution in [0.5, 0.6) is 0 Å². The van der Waals surface area contributed by atoms with Gasteiger partial charge in [-0.05, 0) is 68.6 Å². The Kier molecular flexibility index (Phi) is 4.68. The maximum Gasteiger partial charge on any atom is 0.0656 e. The smallest absolute Gasteiger partial charge is 0.0656 e. The molecule has 0 aromatic carbocycles. The second-order valence-corrected chi connectivity index (χ2v) is 8.77. The SMILES string of the molecule is C=C/C(C)=C/C[C@H]1[C@]2(C)CC[C@@H](O)C(C)(C)[C@H]2CC[C@]1(C)O. The summed E-state index contributed by atoms with van der Waals surface area (Å²) >= 11 is 0. The Morgan fingerprint density at radius 2 is 1.82 bits per heavy atom. The third kappa shape index (κ3) is 2.80. The highest BCUT2D eigenvalue weighted by Gasteiger charge is 2.59. The van der Waals surface area contributed by atoms with Gasteiger partial charge in [-0.2, -0.15) is 0 Å².